The summed E-state index contributed by atoms with van der Waals surface area (Å²) in [5, 5.41) is 28.6. The second-order valence-electron chi connectivity index (χ2n) is 5.22. The first kappa shape index (κ1) is 15.2. The Balaban J connectivity index is 1.57. The van der Waals surface area contributed by atoms with Gasteiger partial charge in [-0.3, -0.25) is 4.79 Å². The zero-order valence-electron chi connectivity index (χ0n) is 12.9. The molecule has 0 bridgehead atoms. The number of amides is 1. The molecule has 0 unspecified atom stereocenters. The first-order valence-corrected chi connectivity index (χ1v) is 8.31. The van der Waals surface area contributed by atoms with Crippen LogP contribution in [-0.2, 0) is 6.54 Å². The molecule has 0 saturated heterocycles. The first-order valence-electron chi connectivity index (χ1n) is 7.43. The van der Waals surface area contributed by atoms with Gasteiger partial charge in [0.1, 0.15) is 11.3 Å². The van der Waals surface area contributed by atoms with E-state index in [-0.39, 0.29) is 18.0 Å². The zero-order chi connectivity index (χ0) is 17.2. The number of nitrogens with one attached hydrogen (secondary N) is 1. The number of carbonyl (C=O) groups is 1. The molecule has 4 heterocycles. The molecule has 9 heteroatoms. The number of nitrogens with zero attached hydrogens (tertiary/aromatic N) is 5. The minimum atomic E-state index is -0.364. The fraction of sp³-hybridized carbons (Fsp3) is 0.0625. The highest BCUT2D eigenvalue weighted by atomic mass is 32.1. The van der Waals surface area contributed by atoms with Gasteiger partial charge in [-0.05, 0) is 29.6 Å². The molecule has 0 aromatic carbocycles. The molecule has 0 fully saturated rings. The normalized spacial score (nSPS) is 10.9. The molecule has 1 N–H and O–H groups in total. The number of carbonyl (C=O) groups excluding carboxylic acids is 1. The van der Waals surface area contributed by atoms with Crippen molar-refractivity contribution in [1.29, 1.82) is 0 Å². The summed E-state index contributed by atoms with van der Waals surface area (Å²) in [4.78, 5) is 13.2. The third kappa shape index (κ3) is 3.04. The summed E-state index contributed by atoms with van der Waals surface area (Å²) in [7, 11) is 0. The maximum atomic E-state index is 12.1. The molecule has 1 amide bonds. The topological polar surface area (TPSA) is 99.1 Å². The minimum Gasteiger partial charge on any atom is -0.619 e. The van der Waals surface area contributed by atoms with Gasteiger partial charge < -0.3 is 10.5 Å². The standard InChI is InChI=1S/C16H12N6O2S/c23-16(11-3-1-7-21(24)10-11)17-9-15-19-18-14-6-5-12(20-22(14)15)13-4-2-8-25-13/h1-8,10H,9H2,(H,17,23). The molecule has 0 radical (unpaired) electrons. The van der Waals surface area contributed by atoms with E-state index in [1.807, 2.05) is 29.6 Å². The quantitative estimate of drug-likeness (QED) is 0.442. The number of fused-ring (bicyclic) bond motifs is 1. The summed E-state index contributed by atoms with van der Waals surface area (Å²) < 4.78 is 2.18. The summed E-state index contributed by atoms with van der Waals surface area (Å²) in [6.07, 6.45) is 2.53. The van der Waals surface area contributed by atoms with Crippen LogP contribution < -0.4 is 10.0 Å². The van der Waals surface area contributed by atoms with E-state index in [9.17, 15) is 10.0 Å². The summed E-state index contributed by atoms with van der Waals surface area (Å²) in [6, 6.07) is 10.7. The SMILES string of the molecule is O=C(NCc1nnc2ccc(-c3cccs3)nn12)c1ccc[n+]([O-])c1. The second-order valence-corrected chi connectivity index (χ2v) is 6.16. The molecule has 124 valence electrons. The Bertz CT molecular complexity index is 1040. The van der Waals surface area contributed by atoms with Crippen LogP contribution in [0.2, 0.25) is 0 Å². The average molecular weight is 352 g/mol. The Morgan fingerprint density at radius 3 is 2.96 bits per heavy atom. The molecule has 25 heavy (non-hydrogen) atoms. The van der Waals surface area contributed by atoms with E-state index in [2.05, 4.69) is 20.6 Å². The van der Waals surface area contributed by atoms with Gasteiger partial charge in [0.15, 0.2) is 23.9 Å². The molecule has 0 atom stereocenters. The number of pyridine rings is 1. The van der Waals surface area contributed by atoms with Gasteiger partial charge in [-0.25, -0.2) is 0 Å². The molecule has 0 aliphatic rings. The van der Waals surface area contributed by atoms with Crippen LogP contribution in [-0.4, -0.2) is 25.7 Å². The number of thiophene rings is 1. The van der Waals surface area contributed by atoms with E-state index in [1.54, 1.807) is 21.9 Å². The van der Waals surface area contributed by atoms with Gasteiger partial charge in [0.05, 0.1) is 11.4 Å². The average Bonchev–Trinajstić information content (AvgIpc) is 3.29. The monoisotopic (exact) mass is 352 g/mol. The summed E-state index contributed by atoms with van der Waals surface area (Å²) in [5.41, 5.74) is 1.69. The Hall–Kier alpha value is -3.33. The van der Waals surface area contributed by atoms with Gasteiger partial charge >= 0.3 is 0 Å². The lowest BCUT2D eigenvalue weighted by Crippen LogP contribution is -2.30. The third-order valence-electron chi connectivity index (χ3n) is 3.55. The maximum absolute atomic E-state index is 12.1. The van der Waals surface area contributed by atoms with Crippen LogP contribution in [0.4, 0.5) is 0 Å². The van der Waals surface area contributed by atoms with Crippen molar-refractivity contribution in [3.05, 3.63) is 70.8 Å². The van der Waals surface area contributed by atoms with Crippen molar-refractivity contribution in [3.8, 4) is 10.6 Å². The largest absolute Gasteiger partial charge is 0.619 e. The van der Waals surface area contributed by atoms with Crippen molar-refractivity contribution in [2.45, 2.75) is 6.54 Å². The Morgan fingerprint density at radius 1 is 1.24 bits per heavy atom. The fourth-order valence-corrected chi connectivity index (χ4v) is 3.04. The number of aromatic nitrogens is 5. The van der Waals surface area contributed by atoms with Crippen LogP contribution in [0.5, 0.6) is 0 Å². The highest BCUT2D eigenvalue weighted by molar-refractivity contribution is 7.13. The molecular weight excluding hydrogens is 340 g/mol. The van der Waals surface area contributed by atoms with Gasteiger partial charge in [0.25, 0.3) is 5.91 Å². The summed E-state index contributed by atoms with van der Waals surface area (Å²) >= 11 is 1.59. The lowest BCUT2D eigenvalue weighted by atomic mass is 10.3. The fourth-order valence-electron chi connectivity index (χ4n) is 2.35. The van der Waals surface area contributed by atoms with E-state index in [0.717, 1.165) is 10.6 Å². The lowest BCUT2D eigenvalue weighted by Gasteiger charge is -2.04. The van der Waals surface area contributed by atoms with Crippen LogP contribution in [0.3, 0.4) is 0 Å². The molecule has 4 rings (SSSR count). The molecule has 0 saturated carbocycles. The molecule has 0 aliphatic carbocycles. The van der Waals surface area contributed by atoms with Crippen molar-refractivity contribution in [2.24, 2.45) is 0 Å². The third-order valence-corrected chi connectivity index (χ3v) is 4.44. The van der Waals surface area contributed by atoms with E-state index in [4.69, 9.17) is 0 Å². The molecular formula is C16H12N6O2S. The molecule has 0 spiro atoms. The van der Waals surface area contributed by atoms with E-state index < -0.39 is 0 Å². The second kappa shape index (κ2) is 6.29. The predicted molar refractivity (Wildman–Crippen MR) is 90.7 cm³/mol. The van der Waals surface area contributed by atoms with Crippen molar-refractivity contribution in [2.75, 3.05) is 0 Å². The van der Waals surface area contributed by atoms with Crippen molar-refractivity contribution in [1.82, 2.24) is 25.1 Å². The number of hydrogen-bond acceptors (Lipinski definition) is 6. The number of hydrogen-bond donors (Lipinski definition) is 1. The van der Waals surface area contributed by atoms with Crippen LogP contribution in [0, 0.1) is 5.21 Å². The minimum absolute atomic E-state index is 0.147. The maximum Gasteiger partial charge on any atom is 0.257 e. The molecule has 4 aromatic heterocycles. The van der Waals surface area contributed by atoms with Crippen LogP contribution in [0.1, 0.15) is 16.2 Å². The first-order chi connectivity index (χ1) is 12.2. The Labute approximate surface area is 146 Å². The van der Waals surface area contributed by atoms with Crippen molar-refractivity contribution in [3.63, 3.8) is 0 Å². The van der Waals surface area contributed by atoms with Gasteiger partial charge in [-0.2, -0.15) is 14.3 Å². The molecule has 8 nitrogen and oxygen atoms in total. The predicted octanol–water partition coefficient (Wildman–Crippen LogP) is 1.42. The van der Waals surface area contributed by atoms with Crippen LogP contribution in [0.25, 0.3) is 16.2 Å². The van der Waals surface area contributed by atoms with Gasteiger partial charge in [0, 0.05) is 6.07 Å². The molecule has 4 aromatic rings. The van der Waals surface area contributed by atoms with Crippen molar-refractivity contribution >= 4 is 22.9 Å². The van der Waals surface area contributed by atoms with Gasteiger partial charge in [0.2, 0.25) is 0 Å². The summed E-state index contributed by atoms with van der Waals surface area (Å²) in [5.74, 6) is 0.143. The Kier molecular flexibility index (Phi) is 3.82. The van der Waals surface area contributed by atoms with Gasteiger partial charge in [-0.15, -0.1) is 21.5 Å². The highest BCUT2D eigenvalue weighted by Gasteiger charge is 2.12. The number of rotatable bonds is 4. The van der Waals surface area contributed by atoms with E-state index in [0.29, 0.717) is 16.2 Å². The van der Waals surface area contributed by atoms with Crippen LogP contribution in [0.15, 0.2) is 54.2 Å². The molecule has 0 aliphatic heterocycles. The van der Waals surface area contributed by atoms with Gasteiger partial charge in [-0.1, -0.05) is 6.07 Å². The zero-order valence-corrected chi connectivity index (χ0v) is 13.7. The van der Waals surface area contributed by atoms with Crippen LogP contribution >= 0.6 is 11.3 Å². The van der Waals surface area contributed by atoms with E-state index >= 15 is 0 Å². The highest BCUT2D eigenvalue weighted by Crippen LogP contribution is 2.22. The van der Waals surface area contributed by atoms with Crippen molar-refractivity contribution < 1.29 is 9.52 Å². The lowest BCUT2D eigenvalue weighted by molar-refractivity contribution is -0.605. The Morgan fingerprint density at radius 2 is 2.16 bits per heavy atom. The van der Waals surface area contributed by atoms with E-state index in [1.165, 1.54) is 18.5 Å². The summed E-state index contributed by atoms with van der Waals surface area (Å²) in [6.45, 7) is 0.147. The smallest absolute Gasteiger partial charge is 0.257 e.